The van der Waals surface area contributed by atoms with Gasteiger partial charge in [-0.05, 0) is 33.1 Å². The lowest BCUT2D eigenvalue weighted by molar-refractivity contribution is -0.156. The van der Waals surface area contributed by atoms with Crippen molar-refractivity contribution in [1.82, 2.24) is 0 Å². The van der Waals surface area contributed by atoms with Crippen molar-refractivity contribution in [2.45, 2.75) is 58.0 Å². The van der Waals surface area contributed by atoms with Crippen LogP contribution in [0.4, 0.5) is 0 Å². The topological polar surface area (TPSA) is 61.8 Å². The largest absolute Gasteiger partial charge is 0.464 e. The monoisotopic (exact) mass is 304 g/mol. The highest BCUT2D eigenvalue weighted by Gasteiger charge is 2.51. The Bertz CT molecular complexity index is 379. The molecule has 1 aliphatic heterocycles. The third-order valence-corrected chi connectivity index (χ3v) is 6.73. The summed E-state index contributed by atoms with van der Waals surface area (Å²) < 4.78 is 28.9. The molecule has 2 rings (SSSR count). The van der Waals surface area contributed by atoms with Gasteiger partial charge in [0, 0.05) is 5.41 Å². The standard InChI is InChI=1S/C14H25O5P/c1-3-18-20(16,19-4-2)12-10-14(11-17-13(12)15)8-6-5-7-9-14/h12H,3-11H2,1-2H3. The van der Waals surface area contributed by atoms with Crippen LogP contribution in [0, 0.1) is 5.41 Å². The first-order valence-corrected chi connectivity index (χ1v) is 9.22. The molecule has 1 aliphatic carbocycles. The molecule has 2 aliphatic rings. The summed E-state index contributed by atoms with van der Waals surface area (Å²) in [4.78, 5) is 12.1. The average Bonchev–Trinajstić information content (AvgIpc) is 2.43. The lowest BCUT2D eigenvalue weighted by Crippen LogP contribution is -2.44. The first-order valence-electron chi connectivity index (χ1n) is 7.61. The quantitative estimate of drug-likeness (QED) is 0.574. The Kier molecular flexibility index (Phi) is 5.27. The van der Waals surface area contributed by atoms with Gasteiger partial charge < -0.3 is 13.8 Å². The Labute approximate surface area is 120 Å². The molecule has 1 saturated carbocycles. The molecule has 0 amide bonds. The summed E-state index contributed by atoms with van der Waals surface area (Å²) in [6.07, 6.45) is 6.18. The Hall–Kier alpha value is -0.380. The fourth-order valence-corrected chi connectivity index (χ4v) is 5.44. The number of carbonyl (C=O) groups excluding carboxylic acids is 1. The molecule has 0 aromatic carbocycles. The van der Waals surface area contributed by atoms with E-state index in [4.69, 9.17) is 13.8 Å². The summed E-state index contributed by atoms with van der Waals surface area (Å²) in [6.45, 7) is 4.52. The second-order valence-corrected chi connectivity index (χ2v) is 7.98. The molecule has 1 spiro atoms. The van der Waals surface area contributed by atoms with Crippen LogP contribution in [0.15, 0.2) is 0 Å². The maximum absolute atomic E-state index is 12.9. The van der Waals surface area contributed by atoms with Crippen LogP contribution >= 0.6 is 7.60 Å². The van der Waals surface area contributed by atoms with E-state index in [2.05, 4.69) is 0 Å². The second-order valence-electron chi connectivity index (χ2n) is 5.76. The fourth-order valence-electron chi connectivity index (χ4n) is 3.34. The highest BCUT2D eigenvalue weighted by atomic mass is 31.2. The smallest absolute Gasteiger partial charge is 0.344 e. The lowest BCUT2D eigenvalue weighted by Gasteiger charge is -2.43. The van der Waals surface area contributed by atoms with Gasteiger partial charge in [0.2, 0.25) is 0 Å². The SMILES string of the molecule is CCOP(=O)(OCC)C1CC2(CCCCC2)COC1=O. The van der Waals surface area contributed by atoms with E-state index in [0.717, 1.165) is 25.7 Å². The second kappa shape index (κ2) is 6.59. The predicted molar refractivity (Wildman–Crippen MR) is 75.7 cm³/mol. The van der Waals surface area contributed by atoms with Gasteiger partial charge in [0.15, 0.2) is 5.66 Å². The zero-order valence-corrected chi connectivity index (χ0v) is 13.3. The van der Waals surface area contributed by atoms with Crippen LogP contribution in [0.3, 0.4) is 0 Å². The number of rotatable bonds is 5. The number of hydrogen-bond donors (Lipinski definition) is 0. The number of hydrogen-bond acceptors (Lipinski definition) is 5. The Morgan fingerprint density at radius 1 is 1.20 bits per heavy atom. The van der Waals surface area contributed by atoms with Gasteiger partial charge in [-0.1, -0.05) is 19.3 Å². The molecule has 1 heterocycles. The van der Waals surface area contributed by atoms with Crippen molar-refractivity contribution >= 4 is 13.6 Å². The van der Waals surface area contributed by atoms with Crippen molar-refractivity contribution in [2.24, 2.45) is 5.41 Å². The first kappa shape index (κ1) is 16.0. The molecule has 1 atom stereocenters. The third kappa shape index (κ3) is 3.26. The van der Waals surface area contributed by atoms with Crippen LogP contribution < -0.4 is 0 Å². The Balaban J connectivity index is 2.18. The van der Waals surface area contributed by atoms with Crippen molar-refractivity contribution in [3.05, 3.63) is 0 Å². The molecule has 0 bridgehead atoms. The third-order valence-electron chi connectivity index (χ3n) is 4.33. The lowest BCUT2D eigenvalue weighted by atomic mass is 9.71. The van der Waals surface area contributed by atoms with Gasteiger partial charge in [-0.2, -0.15) is 0 Å². The van der Waals surface area contributed by atoms with Crippen LogP contribution in [0.5, 0.6) is 0 Å². The molecule has 0 radical (unpaired) electrons. The summed E-state index contributed by atoms with van der Waals surface area (Å²) in [5.74, 6) is -0.425. The zero-order valence-electron chi connectivity index (χ0n) is 12.4. The average molecular weight is 304 g/mol. The highest BCUT2D eigenvalue weighted by Crippen LogP contribution is 2.59. The van der Waals surface area contributed by atoms with Crippen molar-refractivity contribution in [2.75, 3.05) is 19.8 Å². The molecule has 20 heavy (non-hydrogen) atoms. The van der Waals surface area contributed by atoms with Gasteiger partial charge >= 0.3 is 13.6 Å². The van der Waals surface area contributed by atoms with Crippen LogP contribution in [0.1, 0.15) is 52.4 Å². The number of esters is 1. The molecule has 0 N–H and O–H groups in total. The Morgan fingerprint density at radius 2 is 1.80 bits per heavy atom. The van der Waals surface area contributed by atoms with E-state index in [1.54, 1.807) is 13.8 Å². The summed E-state index contributed by atoms with van der Waals surface area (Å²) in [5.41, 5.74) is -0.769. The Morgan fingerprint density at radius 3 is 2.35 bits per heavy atom. The summed E-state index contributed by atoms with van der Waals surface area (Å²) >= 11 is 0. The molecule has 0 aromatic rings. The molecule has 116 valence electrons. The summed E-state index contributed by atoms with van der Waals surface area (Å²) in [6, 6.07) is 0. The van der Waals surface area contributed by atoms with Gasteiger partial charge in [0.1, 0.15) is 0 Å². The molecule has 1 unspecified atom stereocenters. The minimum atomic E-state index is -3.42. The molecule has 6 heteroatoms. The van der Waals surface area contributed by atoms with E-state index < -0.39 is 19.2 Å². The minimum Gasteiger partial charge on any atom is -0.464 e. The highest BCUT2D eigenvalue weighted by molar-refractivity contribution is 7.55. The minimum absolute atomic E-state index is 0.0132. The van der Waals surface area contributed by atoms with Crippen LogP contribution in [0.25, 0.3) is 0 Å². The van der Waals surface area contributed by atoms with Crippen LogP contribution in [-0.4, -0.2) is 31.4 Å². The van der Waals surface area contributed by atoms with Gasteiger partial charge in [-0.25, -0.2) is 0 Å². The predicted octanol–water partition coefficient (Wildman–Crippen LogP) is 3.52. The number of ether oxygens (including phenoxy) is 1. The first-order chi connectivity index (χ1) is 9.55. The number of cyclic esters (lactones) is 1. The van der Waals surface area contributed by atoms with E-state index in [1.807, 2.05) is 0 Å². The number of carbonyl (C=O) groups is 1. The van der Waals surface area contributed by atoms with Crippen LogP contribution in [0.2, 0.25) is 0 Å². The maximum atomic E-state index is 12.9. The maximum Gasteiger partial charge on any atom is 0.344 e. The summed E-state index contributed by atoms with van der Waals surface area (Å²) in [7, 11) is -3.42. The summed E-state index contributed by atoms with van der Waals surface area (Å²) in [5, 5.41) is 0. The molecule has 0 aromatic heterocycles. The molecule has 5 nitrogen and oxygen atoms in total. The molecular formula is C14H25O5P. The van der Waals surface area contributed by atoms with Gasteiger partial charge in [-0.3, -0.25) is 9.36 Å². The van der Waals surface area contributed by atoms with Crippen LogP contribution in [-0.2, 0) is 23.1 Å². The van der Waals surface area contributed by atoms with Gasteiger partial charge in [0.05, 0.1) is 19.8 Å². The van der Waals surface area contributed by atoms with E-state index in [0.29, 0.717) is 13.0 Å². The van der Waals surface area contributed by atoms with E-state index in [9.17, 15) is 9.36 Å². The zero-order chi connectivity index (χ0) is 14.6. The molecular weight excluding hydrogens is 279 g/mol. The van der Waals surface area contributed by atoms with Crippen molar-refractivity contribution in [1.29, 1.82) is 0 Å². The fraction of sp³-hybridized carbons (Fsp3) is 0.929. The van der Waals surface area contributed by atoms with Crippen molar-refractivity contribution in [3.63, 3.8) is 0 Å². The molecule has 2 fully saturated rings. The molecule has 1 saturated heterocycles. The van der Waals surface area contributed by atoms with E-state index in [-0.39, 0.29) is 18.6 Å². The normalized spacial score (nSPS) is 26.5. The van der Waals surface area contributed by atoms with Crippen molar-refractivity contribution < 1.29 is 23.1 Å². The van der Waals surface area contributed by atoms with E-state index in [1.165, 1.54) is 6.42 Å². The van der Waals surface area contributed by atoms with Gasteiger partial charge in [-0.15, -0.1) is 0 Å². The van der Waals surface area contributed by atoms with Crippen molar-refractivity contribution in [3.8, 4) is 0 Å². The van der Waals surface area contributed by atoms with E-state index >= 15 is 0 Å². The van der Waals surface area contributed by atoms with Gasteiger partial charge in [0.25, 0.3) is 0 Å².